The van der Waals surface area contributed by atoms with Crippen LogP contribution in [0.1, 0.15) is 19.8 Å². The summed E-state index contributed by atoms with van der Waals surface area (Å²) in [6.45, 7) is 2.42. The monoisotopic (exact) mass is 231 g/mol. The first-order valence-corrected chi connectivity index (χ1v) is 5.06. The van der Waals surface area contributed by atoms with Crippen LogP contribution in [-0.4, -0.2) is 42.6 Å². The first-order chi connectivity index (χ1) is 7.56. The molecule has 0 atom stereocenters. The third-order valence-electron chi connectivity index (χ3n) is 1.61. The van der Waals surface area contributed by atoms with Crippen LogP contribution in [0, 0.1) is 0 Å². The van der Waals surface area contributed by atoms with Crippen LogP contribution >= 0.6 is 0 Å². The molecule has 0 aliphatic heterocycles. The second kappa shape index (κ2) is 8.51. The minimum atomic E-state index is -0.985. The van der Waals surface area contributed by atoms with Gasteiger partial charge in [-0.25, -0.2) is 4.79 Å². The summed E-state index contributed by atoms with van der Waals surface area (Å²) in [6, 6.07) is -0.548. The van der Waals surface area contributed by atoms with E-state index in [0.717, 1.165) is 6.42 Å². The molecule has 16 heavy (non-hydrogen) atoms. The zero-order valence-corrected chi connectivity index (χ0v) is 9.21. The largest absolute Gasteiger partial charge is 0.481 e. The van der Waals surface area contributed by atoms with Gasteiger partial charge in [-0.2, -0.15) is 0 Å². The van der Waals surface area contributed by atoms with Gasteiger partial charge in [0.15, 0.2) is 0 Å². The van der Waals surface area contributed by atoms with Crippen LogP contribution in [0.4, 0.5) is 4.79 Å². The maximum atomic E-state index is 11.0. The molecule has 0 heterocycles. The normalized spacial score (nSPS) is 9.31. The summed E-state index contributed by atoms with van der Waals surface area (Å²) >= 11 is 0. The predicted octanol–water partition coefficient (Wildman–Crippen LogP) is -0.713. The van der Waals surface area contributed by atoms with E-state index in [1.807, 2.05) is 6.92 Å². The summed E-state index contributed by atoms with van der Waals surface area (Å²) in [7, 11) is 0. The van der Waals surface area contributed by atoms with Gasteiger partial charge >= 0.3 is 12.0 Å². The lowest BCUT2D eigenvalue weighted by atomic mass is 10.4. The molecule has 3 amide bonds. The fourth-order valence-electron chi connectivity index (χ4n) is 0.833. The first kappa shape index (κ1) is 14.2. The lowest BCUT2D eigenvalue weighted by molar-refractivity contribution is -0.136. The molecule has 7 heteroatoms. The molecule has 0 bridgehead atoms. The number of hydrogen-bond acceptors (Lipinski definition) is 3. The summed E-state index contributed by atoms with van der Waals surface area (Å²) in [6.07, 6.45) is 0.687. The van der Waals surface area contributed by atoms with Crippen LogP contribution in [0.15, 0.2) is 0 Å². The molecule has 0 saturated carbocycles. The second-order valence-electron chi connectivity index (χ2n) is 3.10. The molecule has 0 rings (SSSR count). The summed E-state index contributed by atoms with van der Waals surface area (Å²) in [5, 5.41) is 15.5. The quantitative estimate of drug-likeness (QED) is 0.464. The van der Waals surface area contributed by atoms with Gasteiger partial charge in [0.05, 0.1) is 13.0 Å². The zero-order valence-electron chi connectivity index (χ0n) is 9.21. The Balaban J connectivity index is 3.49. The first-order valence-electron chi connectivity index (χ1n) is 5.06. The Kier molecular flexibility index (Phi) is 7.56. The van der Waals surface area contributed by atoms with E-state index in [4.69, 9.17) is 5.11 Å². The van der Waals surface area contributed by atoms with Crippen LogP contribution < -0.4 is 16.0 Å². The van der Waals surface area contributed by atoms with E-state index in [2.05, 4.69) is 16.0 Å². The average Bonchev–Trinajstić information content (AvgIpc) is 2.23. The molecular formula is C9H17N3O4. The van der Waals surface area contributed by atoms with Crippen molar-refractivity contribution in [1.82, 2.24) is 16.0 Å². The number of urea groups is 1. The number of hydrogen-bond donors (Lipinski definition) is 4. The van der Waals surface area contributed by atoms with Crippen molar-refractivity contribution in [2.75, 3.05) is 19.6 Å². The molecule has 7 nitrogen and oxygen atoms in total. The molecule has 0 radical (unpaired) electrons. The molecule has 0 aromatic heterocycles. The SMILES string of the molecule is CCCNC(=O)CNC(=O)NCCC(=O)O. The number of carbonyl (C=O) groups is 3. The van der Waals surface area contributed by atoms with E-state index >= 15 is 0 Å². The van der Waals surface area contributed by atoms with Gasteiger partial charge in [-0.15, -0.1) is 0 Å². The number of amides is 3. The summed E-state index contributed by atoms with van der Waals surface area (Å²) < 4.78 is 0. The smallest absolute Gasteiger partial charge is 0.315 e. The Morgan fingerprint density at radius 3 is 2.31 bits per heavy atom. The molecule has 0 aromatic rings. The third-order valence-corrected chi connectivity index (χ3v) is 1.61. The highest BCUT2D eigenvalue weighted by molar-refractivity contribution is 5.83. The highest BCUT2D eigenvalue weighted by Gasteiger charge is 2.04. The van der Waals surface area contributed by atoms with Gasteiger partial charge in [-0.05, 0) is 6.42 Å². The van der Waals surface area contributed by atoms with Gasteiger partial charge in [0.2, 0.25) is 5.91 Å². The van der Waals surface area contributed by atoms with Gasteiger partial charge in [0, 0.05) is 13.1 Å². The molecule has 0 aromatic carbocycles. The number of aliphatic carboxylic acids is 1. The van der Waals surface area contributed by atoms with E-state index in [-0.39, 0.29) is 25.4 Å². The Labute approximate surface area is 93.6 Å². The minimum absolute atomic E-state index is 0.0394. The van der Waals surface area contributed by atoms with Crippen LogP contribution in [0.25, 0.3) is 0 Å². The van der Waals surface area contributed by atoms with E-state index in [1.165, 1.54) is 0 Å². The van der Waals surface area contributed by atoms with E-state index in [9.17, 15) is 14.4 Å². The number of carbonyl (C=O) groups excluding carboxylic acids is 2. The van der Waals surface area contributed by atoms with Crippen LogP contribution in [-0.2, 0) is 9.59 Å². The molecular weight excluding hydrogens is 214 g/mol. The standard InChI is InChI=1S/C9H17N3O4/c1-2-4-10-7(13)6-12-9(16)11-5-3-8(14)15/h2-6H2,1H3,(H,10,13)(H,14,15)(H2,11,12,16). The molecule has 0 saturated heterocycles. The lowest BCUT2D eigenvalue weighted by Crippen LogP contribution is -2.42. The van der Waals surface area contributed by atoms with Crippen molar-refractivity contribution in [3.63, 3.8) is 0 Å². The summed E-state index contributed by atoms with van der Waals surface area (Å²) in [5.74, 6) is -1.25. The van der Waals surface area contributed by atoms with Crippen molar-refractivity contribution >= 4 is 17.9 Å². The number of rotatable bonds is 7. The van der Waals surface area contributed by atoms with Gasteiger partial charge in [-0.1, -0.05) is 6.92 Å². The van der Waals surface area contributed by atoms with Crippen LogP contribution in [0.5, 0.6) is 0 Å². The molecule has 0 aliphatic rings. The van der Waals surface area contributed by atoms with Crippen LogP contribution in [0.3, 0.4) is 0 Å². The van der Waals surface area contributed by atoms with Gasteiger partial charge in [0.1, 0.15) is 0 Å². The fourth-order valence-corrected chi connectivity index (χ4v) is 0.833. The molecule has 0 fully saturated rings. The number of carboxylic acid groups (broad SMARTS) is 1. The maximum absolute atomic E-state index is 11.0. The van der Waals surface area contributed by atoms with Crippen molar-refractivity contribution in [3.05, 3.63) is 0 Å². The molecule has 0 unspecified atom stereocenters. The van der Waals surface area contributed by atoms with Gasteiger partial charge in [-0.3, -0.25) is 9.59 Å². The Morgan fingerprint density at radius 2 is 1.75 bits per heavy atom. The van der Waals surface area contributed by atoms with Crippen molar-refractivity contribution < 1.29 is 19.5 Å². The topological polar surface area (TPSA) is 108 Å². The van der Waals surface area contributed by atoms with Gasteiger partial charge < -0.3 is 21.1 Å². The molecule has 92 valence electrons. The maximum Gasteiger partial charge on any atom is 0.315 e. The Morgan fingerprint density at radius 1 is 1.06 bits per heavy atom. The second-order valence-corrected chi connectivity index (χ2v) is 3.10. The predicted molar refractivity (Wildman–Crippen MR) is 57.0 cm³/mol. The van der Waals surface area contributed by atoms with E-state index < -0.39 is 12.0 Å². The van der Waals surface area contributed by atoms with Crippen molar-refractivity contribution in [1.29, 1.82) is 0 Å². The van der Waals surface area contributed by atoms with E-state index in [0.29, 0.717) is 6.54 Å². The van der Waals surface area contributed by atoms with Gasteiger partial charge in [0.25, 0.3) is 0 Å². The lowest BCUT2D eigenvalue weighted by Gasteiger charge is -2.06. The minimum Gasteiger partial charge on any atom is -0.481 e. The van der Waals surface area contributed by atoms with Crippen molar-refractivity contribution in [2.24, 2.45) is 0 Å². The van der Waals surface area contributed by atoms with Crippen LogP contribution in [0.2, 0.25) is 0 Å². The molecule has 0 aliphatic carbocycles. The Bertz CT molecular complexity index is 255. The fraction of sp³-hybridized carbons (Fsp3) is 0.667. The van der Waals surface area contributed by atoms with Crippen molar-refractivity contribution in [3.8, 4) is 0 Å². The summed E-state index contributed by atoms with van der Waals surface area (Å²) in [4.78, 5) is 32.2. The molecule has 4 N–H and O–H groups in total. The van der Waals surface area contributed by atoms with Crippen molar-refractivity contribution in [2.45, 2.75) is 19.8 Å². The number of carboxylic acids is 1. The molecule has 0 spiro atoms. The Hall–Kier alpha value is -1.79. The average molecular weight is 231 g/mol. The van der Waals surface area contributed by atoms with E-state index in [1.54, 1.807) is 0 Å². The number of nitrogens with one attached hydrogen (secondary N) is 3. The summed E-state index contributed by atoms with van der Waals surface area (Å²) in [5.41, 5.74) is 0. The zero-order chi connectivity index (χ0) is 12.4. The highest BCUT2D eigenvalue weighted by Crippen LogP contribution is 1.76. The highest BCUT2D eigenvalue weighted by atomic mass is 16.4. The third kappa shape index (κ3) is 8.79.